The van der Waals surface area contributed by atoms with Crippen LogP contribution >= 0.6 is 15.9 Å². The summed E-state index contributed by atoms with van der Waals surface area (Å²) in [6, 6.07) is 5.20. The summed E-state index contributed by atoms with van der Waals surface area (Å²) in [7, 11) is 3.18. The van der Waals surface area contributed by atoms with E-state index in [2.05, 4.69) is 21.2 Å². The molecule has 2 rings (SSSR count). The number of hydrogen-bond acceptors (Lipinski definition) is 3. The molecule has 0 aromatic heterocycles. The van der Waals surface area contributed by atoms with Gasteiger partial charge in [0.2, 0.25) is 5.91 Å². The molecule has 2 amide bonds. The number of carbonyl (C=O) groups excluding carboxylic acids is 2. The molecule has 0 aliphatic carbocycles. The maximum Gasteiger partial charge on any atom is 0.253 e. The van der Waals surface area contributed by atoms with Crippen LogP contribution in [-0.4, -0.2) is 44.0 Å². The number of nitrogens with one attached hydrogen (secondary N) is 1. The Kier molecular flexibility index (Phi) is 4.09. The fraction of sp³-hybridized carbons (Fsp3) is 0.385. The zero-order chi connectivity index (χ0) is 14.0. The number of halogens is 1. The van der Waals surface area contributed by atoms with E-state index >= 15 is 0 Å². The third-order valence-corrected chi connectivity index (χ3v) is 3.80. The Balaban J connectivity index is 2.02. The number of nitrogens with zero attached hydrogens (tertiary/aromatic N) is 1. The molecule has 1 aromatic carbocycles. The second kappa shape index (κ2) is 5.61. The van der Waals surface area contributed by atoms with Crippen LogP contribution in [0.15, 0.2) is 22.7 Å². The maximum atomic E-state index is 12.2. The standard InChI is InChI=1S/C13H15BrN2O3/c1-15-12(17)9-6-16(7-9)13(18)8-3-4-11(19-2)10(14)5-8/h3-5,9H,6-7H2,1-2H3,(H,15,17). The number of likely N-dealkylation sites (tertiary alicyclic amines) is 1. The van der Waals surface area contributed by atoms with Crippen LogP contribution in [-0.2, 0) is 4.79 Å². The molecule has 0 saturated carbocycles. The van der Waals surface area contributed by atoms with E-state index in [9.17, 15) is 9.59 Å². The number of hydrogen-bond donors (Lipinski definition) is 1. The first-order chi connectivity index (χ1) is 9.06. The predicted octanol–water partition coefficient (Wildman–Crippen LogP) is 1.28. The summed E-state index contributed by atoms with van der Waals surface area (Å²) in [6.07, 6.45) is 0. The van der Waals surface area contributed by atoms with Gasteiger partial charge in [-0.05, 0) is 34.1 Å². The van der Waals surface area contributed by atoms with E-state index < -0.39 is 0 Å². The lowest BCUT2D eigenvalue weighted by atomic mass is 9.98. The molecule has 1 N–H and O–H groups in total. The van der Waals surface area contributed by atoms with Crippen molar-refractivity contribution in [3.8, 4) is 5.75 Å². The third kappa shape index (κ3) is 2.73. The van der Waals surface area contributed by atoms with Crippen LogP contribution < -0.4 is 10.1 Å². The van der Waals surface area contributed by atoms with Crippen LogP contribution in [0.4, 0.5) is 0 Å². The Labute approximate surface area is 120 Å². The zero-order valence-corrected chi connectivity index (χ0v) is 12.4. The van der Waals surface area contributed by atoms with Crippen LogP contribution in [0.25, 0.3) is 0 Å². The van der Waals surface area contributed by atoms with Crippen LogP contribution in [0.2, 0.25) is 0 Å². The highest BCUT2D eigenvalue weighted by Gasteiger charge is 2.35. The summed E-state index contributed by atoms with van der Waals surface area (Å²) < 4.78 is 5.86. The molecule has 0 bridgehead atoms. The molecule has 1 aliphatic rings. The molecule has 0 spiro atoms. The van der Waals surface area contributed by atoms with Crippen molar-refractivity contribution >= 4 is 27.7 Å². The maximum absolute atomic E-state index is 12.2. The van der Waals surface area contributed by atoms with Crippen molar-refractivity contribution < 1.29 is 14.3 Å². The molecule has 0 radical (unpaired) electrons. The van der Waals surface area contributed by atoms with Crippen molar-refractivity contribution in [1.29, 1.82) is 0 Å². The van der Waals surface area contributed by atoms with E-state index in [1.165, 1.54) is 0 Å². The van der Waals surface area contributed by atoms with Gasteiger partial charge in [0.05, 0.1) is 17.5 Å². The van der Waals surface area contributed by atoms with Gasteiger partial charge in [0.1, 0.15) is 5.75 Å². The highest BCUT2D eigenvalue weighted by atomic mass is 79.9. The van der Waals surface area contributed by atoms with E-state index in [0.717, 1.165) is 4.47 Å². The lowest BCUT2D eigenvalue weighted by Crippen LogP contribution is -2.55. The minimum atomic E-state index is -0.0874. The first-order valence-electron chi connectivity index (χ1n) is 5.91. The van der Waals surface area contributed by atoms with Gasteiger partial charge in [0.25, 0.3) is 5.91 Å². The van der Waals surface area contributed by atoms with Crippen LogP contribution in [0.1, 0.15) is 10.4 Å². The summed E-state index contributed by atoms with van der Waals surface area (Å²) in [4.78, 5) is 25.2. The number of ether oxygens (including phenoxy) is 1. The second-order valence-corrected chi connectivity index (χ2v) is 5.22. The van der Waals surface area contributed by atoms with Gasteiger partial charge in [-0.25, -0.2) is 0 Å². The first kappa shape index (κ1) is 13.9. The lowest BCUT2D eigenvalue weighted by molar-refractivity contribution is -0.128. The van der Waals surface area contributed by atoms with Gasteiger partial charge in [-0.2, -0.15) is 0 Å². The molecule has 102 valence electrons. The van der Waals surface area contributed by atoms with Crippen molar-refractivity contribution in [3.63, 3.8) is 0 Å². The minimum Gasteiger partial charge on any atom is -0.496 e. The molecule has 0 atom stereocenters. The van der Waals surface area contributed by atoms with Gasteiger partial charge in [0, 0.05) is 25.7 Å². The summed E-state index contributed by atoms with van der Waals surface area (Å²) in [5.74, 6) is 0.516. The van der Waals surface area contributed by atoms with Gasteiger partial charge in [-0.3, -0.25) is 9.59 Å². The molecule has 0 unspecified atom stereocenters. The fourth-order valence-corrected chi connectivity index (χ4v) is 2.54. The number of rotatable bonds is 3. The van der Waals surface area contributed by atoms with Crippen LogP contribution in [0.5, 0.6) is 5.75 Å². The molecule has 5 nitrogen and oxygen atoms in total. The fourth-order valence-electron chi connectivity index (χ4n) is 2.00. The van der Waals surface area contributed by atoms with Crippen molar-refractivity contribution in [1.82, 2.24) is 10.2 Å². The van der Waals surface area contributed by atoms with Gasteiger partial charge >= 0.3 is 0 Å². The topological polar surface area (TPSA) is 58.6 Å². The van der Waals surface area contributed by atoms with Gasteiger partial charge < -0.3 is 15.0 Å². The molecule has 19 heavy (non-hydrogen) atoms. The molecule has 1 fully saturated rings. The zero-order valence-electron chi connectivity index (χ0n) is 10.8. The van der Waals surface area contributed by atoms with Crippen molar-refractivity contribution in [3.05, 3.63) is 28.2 Å². The summed E-state index contributed by atoms with van der Waals surface area (Å²) in [6.45, 7) is 0.949. The smallest absolute Gasteiger partial charge is 0.253 e. The molecule has 1 saturated heterocycles. The van der Waals surface area contributed by atoms with Crippen molar-refractivity contribution in [2.24, 2.45) is 5.92 Å². The normalized spacial score (nSPS) is 14.8. The van der Waals surface area contributed by atoms with Crippen LogP contribution in [0, 0.1) is 5.92 Å². The average molecular weight is 327 g/mol. The number of carbonyl (C=O) groups is 2. The molecular weight excluding hydrogens is 312 g/mol. The van der Waals surface area contributed by atoms with E-state index in [1.807, 2.05) is 0 Å². The quantitative estimate of drug-likeness (QED) is 0.910. The molecule has 1 aliphatic heterocycles. The molecule has 1 aromatic rings. The van der Waals surface area contributed by atoms with E-state index in [-0.39, 0.29) is 17.7 Å². The summed E-state index contributed by atoms with van der Waals surface area (Å²) >= 11 is 3.35. The lowest BCUT2D eigenvalue weighted by Gasteiger charge is -2.38. The Hall–Kier alpha value is -1.56. The average Bonchev–Trinajstić information content (AvgIpc) is 2.36. The predicted molar refractivity (Wildman–Crippen MR) is 74.2 cm³/mol. The van der Waals surface area contributed by atoms with Gasteiger partial charge in [-0.1, -0.05) is 0 Å². The van der Waals surface area contributed by atoms with E-state index in [1.54, 1.807) is 37.3 Å². The number of methoxy groups -OCH3 is 1. The molecule has 6 heteroatoms. The summed E-state index contributed by atoms with van der Waals surface area (Å²) in [5.41, 5.74) is 0.586. The van der Waals surface area contributed by atoms with Crippen molar-refractivity contribution in [2.45, 2.75) is 0 Å². The number of amides is 2. The minimum absolute atomic E-state index is 0.0139. The Morgan fingerprint density at radius 2 is 2.11 bits per heavy atom. The van der Waals surface area contributed by atoms with E-state index in [0.29, 0.717) is 24.4 Å². The second-order valence-electron chi connectivity index (χ2n) is 4.37. The van der Waals surface area contributed by atoms with Crippen molar-refractivity contribution in [2.75, 3.05) is 27.2 Å². The summed E-state index contributed by atoms with van der Waals surface area (Å²) in [5, 5.41) is 2.59. The third-order valence-electron chi connectivity index (χ3n) is 3.18. The van der Waals surface area contributed by atoms with Gasteiger partial charge in [-0.15, -0.1) is 0 Å². The Morgan fingerprint density at radius 3 is 2.63 bits per heavy atom. The molecular formula is C13H15BrN2O3. The number of benzene rings is 1. The monoisotopic (exact) mass is 326 g/mol. The SMILES string of the molecule is CNC(=O)C1CN(C(=O)c2ccc(OC)c(Br)c2)C1. The van der Waals surface area contributed by atoms with Crippen LogP contribution in [0.3, 0.4) is 0 Å². The highest BCUT2D eigenvalue weighted by molar-refractivity contribution is 9.10. The van der Waals surface area contributed by atoms with Gasteiger partial charge in [0.15, 0.2) is 0 Å². The highest BCUT2D eigenvalue weighted by Crippen LogP contribution is 2.27. The Morgan fingerprint density at radius 1 is 1.42 bits per heavy atom. The first-order valence-corrected chi connectivity index (χ1v) is 6.70. The van der Waals surface area contributed by atoms with E-state index in [4.69, 9.17) is 4.74 Å². The Bertz CT molecular complexity index is 513. The largest absolute Gasteiger partial charge is 0.496 e. The molecule has 1 heterocycles.